The third-order valence-corrected chi connectivity index (χ3v) is 5.52. The molecule has 0 aliphatic rings. The first-order chi connectivity index (χ1) is 12.5. The van der Waals surface area contributed by atoms with Crippen LogP contribution in [0.2, 0.25) is 5.02 Å². The van der Waals surface area contributed by atoms with Gasteiger partial charge in [-0.3, -0.25) is 9.36 Å². The van der Waals surface area contributed by atoms with Crippen molar-refractivity contribution in [1.82, 2.24) is 9.55 Å². The average Bonchev–Trinajstić information content (AvgIpc) is 2.97. The highest BCUT2D eigenvalue weighted by Crippen LogP contribution is 2.35. The van der Waals surface area contributed by atoms with Crippen LogP contribution in [0.25, 0.3) is 21.3 Å². The number of thiophene rings is 1. The van der Waals surface area contributed by atoms with Crippen LogP contribution in [0.5, 0.6) is 0 Å². The molecule has 0 saturated carbocycles. The molecule has 2 aromatic carbocycles. The zero-order chi connectivity index (χ0) is 18.3. The number of benzene rings is 2. The molecule has 0 saturated heterocycles. The largest absolute Gasteiger partial charge is 0.294 e. The van der Waals surface area contributed by atoms with Crippen molar-refractivity contribution >= 4 is 33.2 Å². The van der Waals surface area contributed by atoms with Gasteiger partial charge in [0.25, 0.3) is 5.56 Å². The number of aryl methyl sites for hydroxylation is 1. The Morgan fingerprint density at radius 3 is 2.50 bits per heavy atom. The molecule has 4 rings (SSSR count). The Hall–Kier alpha value is -2.50. The Kier molecular flexibility index (Phi) is 4.34. The van der Waals surface area contributed by atoms with Gasteiger partial charge in [0.1, 0.15) is 10.6 Å². The van der Waals surface area contributed by atoms with Crippen molar-refractivity contribution in [3.8, 4) is 11.1 Å². The normalized spacial score (nSPS) is 11.2. The van der Waals surface area contributed by atoms with E-state index in [1.165, 1.54) is 23.5 Å². The number of rotatable bonds is 3. The van der Waals surface area contributed by atoms with Gasteiger partial charge >= 0.3 is 0 Å². The first-order valence-electron chi connectivity index (χ1n) is 8.02. The Morgan fingerprint density at radius 1 is 1.12 bits per heavy atom. The van der Waals surface area contributed by atoms with Crippen LogP contribution in [0, 0.1) is 12.7 Å². The van der Waals surface area contributed by atoms with E-state index in [0.717, 1.165) is 21.6 Å². The molecule has 0 bridgehead atoms. The smallest absolute Gasteiger partial charge is 0.263 e. The summed E-state index contributed by atoms with van der Waals surface area (Å²) in [6.45, 7) is 2.33. The van der Waals surface area contributed by atoms with Crippen LogP contribution in [-0.2, 0) is 6.54 Å². The Labute approximate surface area is 158 Å². The van der Waals surface area contributed by atoms with Crippen LogP contribution >= 0.6 is 22.9 Å². The van der Waals surface area contributed by atoms with Crippen molar-refractivity contribution in [1.29, 1.82) is 0 Å². The Morgan fingerprint density at radius 2 is 1.81 bits per heavy atom. The summed E-state index contributed by atoms with van der Waals surface area (Å²) >= 11 is 7.49. The summed E-state index contributed by atoms with van der Waals surface area (Å²) in [7, 11) is 0. The number of fused-ring (bicyclic) bond motifs is 1. The molecule has 0 aliphatic heterocycles. The fourth-order valence-corrected chi connectivity index (χ4v) is 4.13. The predicted octanol–water partition coefficient (Wildman–Crippen LogP) is 5.27. The summed E-state index contributed by atoms with van der Waals surface area (Å²) < 4.78 is 14.7. The maximum Gasteiger partial charge on any atom is 0.263 e. The molecule has 130 valence electrons. The minimum absolute atomic E-state index is 0.103. The molecule has 0 spiro atoms. The van der Waals surface area contributed by atoms with Crippen LogP contribution in [0.3, 0.4) is 0 Å². The predicted molar refractivity (Wildman–Crippen MR) is 105 cm³/mol. The van der Waals surface area contributed by atoms with Crippen molar-refractivity contribution in [2.24, 2.45) is 0 Å². The molecule has 6 heteroatoms. The summed E-state index contributed by atoms with van der Waals surface area (Å²) in [6.07, 6.45) is 1.55. The van der Waals surface area contributed by atoms with Gasteiger partial charge in [-0.1, -0.05) is 35.9 Å². The molecule has 2 heterocycles. The van der Waals surface area contributed by atoms with Crippen LogP contribution in [-0.4, -0.2) is 9.55 Å². The summed E-state index contributed by atoms with van der Waals surface area (Å²) in [5.41, 5.74) is 2.58. The molecule has 0 fully saturated rings. The molecule has 0 amide bonds. The minimum atomic E-state index is -0.298. The van der Waals surface area contributed by atoms with Gasteiger partial charge < -0.3 is 0 Å². The third-order valence-electron chi connectivity index (χ3n) is 4.25. The van der Waals surface area contributed by atoms with Gasteiger partial charge in [0.05, 0.1) is 18.3 Å². The zero-order valence-electron chi connectivity index (χ0n) is 13.9. The van der Waals surface area contributed by atoms with Crippen LogP contribution in [0.15, 0.2) is 59.7 Å². The quantitative estimate of drug-likeness (QED) is 0.482. The van der Waals surface area contributed by atoms with Gasteiger partial charge in [-0.15, -0.1) is 11.3 Å². The van der Waals surface area contributed by atoms with Crippen molar-refractivity contribution in [2.45, 2.75) is 13.5 Å². The fourth-order valence-electron chi connectivity index (χ4n) is 3.00. The maximum absolute atomic E-state index is 13.1. The molecular formula is C20H14ClFN2OS. The Bertz CT molecular complexity index is 1150. The number of nitrogens with zero attached hydrogens (tertiary/aromatic N) is 2. The van der Waals surface area contributed by atoms with E-state index in [4.69, 9.17) is 11.6 Å². The van der Waals surface area contributed by atoms with Crippen LogP contribution in [0.4, 0.5) is 4.39 Å². The second kappa shape index (κ2) is 6.67. The van der Waals surface area contributed by atoms with Gasteiger partial charge in [-0.05, 0) is 42.3 Å². The first kappa shape index (κ1) is 16.9. The molecule has 0 aliphatic carbocycles. The first-order valence-corrected chi connectivity index (χ1v) is 9.21. The van der Waals surface area contributed by atoms with E-state index in [-0.39, 0.29) is 11.4 Å². The SMILES string of the molecule is Cc1sc2ncn(Cc3ccc(F)cc3)c(=O)c2c1-c1ccc(Cl)cc1. The molecule has 2 aromatic heterocycles. The van der Waals surface area contributed by atoms with Crippen molar-refractivity contribution in [2.75, 3.05) is 0 Å². The lowest BCUT2D eigenvalue weighted by molar-refractivity contribution is 0.626. The standard InChI is InChI=1S/C20H14ClFN2OS/c1-12-17(14-4-6-15(21)7-5-14)18-19(26-12)23-11-24(20(18)25)10-13-2-8-16(22)9-3-13/h2-9,11H,10H2,1H3. The van der Waals surface area contributed by atoms with E-state index in [1.807, 2.05) is 31.2 Å². The lowest BCUT2D eigenvalue weighted by atomic mass is 10.0. The number of halogens is 2. The molecule has 0 unspecified atom stereocenters. The van der Waals surface area contributed by atoms with E-state index in [2.05, 4.69) is 4.98 Å². The van der Waals surface area contributed by atoms with Crippen molar-refractivity contribution < 1.29 is 4.39 Å². The Balaban J connectivity index is 1.86. The molecule has 3 nitrogen and oxygen atoms in total. The minimum Gasteiger partial charge on any atom is -0.294 e. The maximum atomic E-state index is 13.1. The number of aromatic nitrogens is 2. The van der Waals surface area contributed by atoms with Gasteiger partial charge in [-0.2, -0.15) is 0 Å². The second-order valence-corrected chi connectivity index (χ2v) is 7.66. The van der Waals surface area contributed by atoms with E-state index in [1.54, 1.807) is 23.0 Å². The fraction of sp³-hybridized carbons (Fsp3) is 0.100. The highest BCUT2D eigenvalue weighted by Gasteiger charge is 2.17. The second-order valence-electron chi connectivity index (χ2n) is 6.02. The lowest BCUT2D eigenvalue weighted by Crippen LogP contribution is -2.21. The summed E-state index contributed by atoms with van der Waals surface area (Å²) in [6, 6.07) is 13.6. The topological polar surface area (TPSA) is 34.9 Å². The lowest BCUT2D eigenvalue weighted by Gasteiger charge is -2.07. The highest BCUT2D eigenvalue weighted by molar-refractivity contribution is 7.19. The van der Waals surface area contributed by atoms with Gasteiger partial charge in [0.15, 0.2) is 0 Å². The monoisotopic (exact) mass is 384 g/mol. The van der Waals surface area contributed by atoms with E-state index in [0.29, 0.717) is 21.8 Å². The summed E-state index contributed by atoms with van der Waals surface area (Å²) in [5.74, 6) is -0.298. The summed E-state index contributed by atoms with van der Waals surface area (Å²) in [4.78, 5) is 19.3. The van der Waals surface area contributed by atoms with E-state index in [9.17, 15) is 9.18 Å². The van der Waals surface area contributed by atoms with Gasteiger partial charge in [0, 0.05) is 15.5 Å². The van der Waals surface area contributed by atoms with Gasteiger partial charge in [-0.25, -0.2) is 9.37 Å². The van der Waals surface area contributed by atoms with Crippen LogP contribution in [0.1, 0.15) is 10.4 Å². The average molecular weight is 385 g/mol. The van der Waals surface area contributed by atoms with E-state index >= 15 is 0 Å². The van der Waals surface area contributed by atoms with E-state index < -0.39 is 0 Å². The molecule has 0 radical (unpaired) electrons. The van der Waals surface area contributed by atoms with Crippen molar-refractivity contribution in [3.05, 3.63) is 86.5 Å². The molecule has 0 N–H and O–H groups in total. The van der Waals surface area contributed by atoms with Crippen molar-refractivity contribution in [3.63, 3.8) is 0 Å². The summed E-state index contributed by atoms with van der Waals surface area (Å²) in [5, 5.41) is 1.26. The molecule has 26 heavy (non-hydrogen) atoms. The molecular weight excluding hydrogens is 371 g/mol. The molecule has 4 aromatic rings. The van der Waals surface area contributed by atoms with Gasteiger partial charge in [0.2, 0.25) is 0 Å². The van der Waals surface area contributed by atoms with Crippen LogP contribution < -0.4 is 5.56 Å². The number of hydrogen-bond donors (Lipinski definition) is 0. The number of hydrogen-bond acceptors (Lipinski definition) is 3. The highest BCUT2D eigenvalue weighted by atomic mass is 35.5. The third kappa shape index (κ3) is 3.04. The zero-order valence-corrected chi connectivity index (χ0v) is 15.4. The molecule has 0 atom stereocenters.